The molecule has 0 unspecified atom stereocenters. The van der Waals surface area contributed by atoms with Crippen molar-refractivity contribution in [2.45, 2.75) is 0 Å². The number of rotatable bonds is 4. The Balaban J connectivity index is 1.73. The highest BCUT2D eigenvalue weighted by atomic mass is 35.5. The van der Waals surface area contributed by atoms with Gasteiger partial charge in [0.2, 0.25) is 0 Å². The van der Waals surface area contributed by atoms with Crippen molar-refractivity contribution in [3.05, 3.63) is 89.0 Å². The number of anilines is 2. The minimum absolute atomic E-state index is 0.126. The van der Waals surface area contributed by atoms with Crippen molar-refractivity contribution in [1.82, 2.24) is 4.98 Å². The first-order valence-corrected chi connectivity index (χ1v) is 7.98. The molecular formula is C19H13ClFN3O2. The molecule has 1 aromatic heterocycles. The van der Waals surface area contributed by atoms with E-state index >= 15 is 0 Å². The molecule has 2 amide bonds. The van der Waals surface area contributed by atoms with Crippen LogP contribution in [0.4, 0.5) is 15.8 Å². The maximum absolute atomic E-state index is 13.8. The maximum Gasteiger partial charge on any atom is 0.258 e. The van der Waals surface area contributed by atoms with Crippen LogP contribution >= 0.6 is 11.6 Å². The van der Waals surface area contributed by atoms with Gasteiger partial charge in [-0.15, -0.1) is 0 Å². The Hall–Kier alpha value is -3.25. The first-order valence-electron chi connectivity index (χ1n) is 7.61. The van der Waals surface area contributed by atoms with Crippen molar-refractivity contribution in [3.8, 4) is 0 Å². The number of hydrogen-bond donors (Lipinski definition) is 2. The fraction of sp³-hybridized carbons (Fsp3) is 0. The summed E-state index contributed by atoms with van der Waals surface area (Å²) in [6.45, 7) is 0. The van der Waals surface area contributed by atoms with E-state index in [4.69, 9.17) is 11.6 Å². The summed E-state index contributed by atoms with van der Waals surface area (Å²) in [6, 6.07) is 13.6. The third-order valence-electron chi connectivity index (χ3n) is 3.48. The molecule has 5 nitrogen and oxygen atoms in total. The van der Waals surface area contributed by atoms with E-state index in [0.717, 1.165) is 6.07 Å². The molecular weight excluding hydrogens is 357 g/mol. The fourth-order valence-corrected chi connectivity index (χ4v) is 2.41. The van der Waals surface area contributed by atoms with Gasteiger partial charge >= 0.3 is 0 Å². The Kier molecular flexibility index (Phi) is 5.24. The number of carbonyl (C=O) groups excluding carboxylic acids is 2. The standard InChI is InChI=1S/C19H13ClFN3O2/c20-13-6-7-16(17(21)9-13)19(26)24-15-5-1-4-14(10-15)23-18(25)12-3-2-8-22-11-12/h1-11H,(H,23,25)(H,24,26). The summed E-state index contributed by atoms with van der Waals surface area (Å²) in [5.41, 5.74) is 1.17. The lowest BCUT2D eigenvalue weighted by atomic mass is 10.2. The lowest BCUT2D eigenvalue weighted by molar-refractivity contribution is 0.101. The van der Waals surface area contributed by atoms with Gasteiger partial charge in [0.15, 0.2) is 0 Å². The molecule has 0 saturated carbocycles. The summed E-state index contributed by atoms with van der Waals surface area (Å²) in [7, 11) is 0. The van der Waals surface area contributed by atoms with Crippen LogP contribution in [0.25, 0.3) is 0 Å². The zero-order valence-corrected chi connectivity index (χ0v) is 14.1. The lowest BCUT2D eigenvalue weighted by Gasteiger charge is -2.09. The number of pyridine rings is 1. The summed E-state index contributed by atoms with van der Waals surface area (Å²) < 4.78 is 13.8. The van der Waals surface area contributed by atoms with Crippen LogP contribution in [0, 0.1) is 5.82 Å². The average molecular weight is 370 g/mol. The van der Waals surface area contributed by atoms with E-state index in [0.29, 0.717) is 16.9 Å². The van der Waals surface area contributed by atoms with Gasteiger partial charge in [0.05, 0.1) is 11.1 Å². The molecule has 0 aliphatic heterocycles. The van der Waals surface area contributed by atoms with E-state index in [-0.39, 0.29) is 16.5 Å². The van der Waals surface area contributed by atoms with Gasteiger partial charge in [0.1, 0.15) is 5.82 Å². The molecule has 0 spiro atoms. The number of benzene rings is 2. The lowest BCUT2D eigenvalue weighted by Crippen LogP contribution is -2.15. The highest BCUT2D eigenvalue weighted by Gasteiger charge is 2.13. The van der Waals surface area contributed by atoms with Gasteiger partial charge < -0.3 is 10.6 Å². The number of halogens is 2. The summed E-state index contributed by atoms with van der Waals surface area (Å²) in [5.74, 6) is -1.66. The van der Waals surface area contributed by atoms with E-state index < -0.39 is 11.7 Å². The molecule has 130 valence electrons. The van der Waals surface area contributed by atoms with Crippen molar-refractivity contribution in [2.75, 3.05) is 10.6 Å². The minimum Gasteiger partial charge on any atom is -0.322 e. The third-order valence-corrected chi connectivity index (χ3v) is 3.71. The highest BCUT2D eigenvalue weighted by molar-refractivity contribution is 6.30. The second-order valence-corrected chi connectivity index (χ2v) is 5.79. The molecule has 3 aromatic rings. The minimum atomic E-state index is -0.712. The van der Waals surface area contributed by atoms with Crippen LogP contribution in [0.3, 0.4) is 0 Å². The van der Waals surface area contributed by atoms with E-state index in [1.165, 1.54) is 18.3 Å². The highest BCUT2D eigenvalue weighted by Crippen LogP contribution is 2.19. The zero-order chi connectivity index (χ0) is 18.5. The monoisotopic (exact) mass is 369 g/mol. The predicted octanol–water partition coefficient (Wildman–Crippen LogP) is 4.38. The SMILES string of the molecule is O=C(Nc1cccc(NC(=O)c2ccc(Cl)cc2F)c1)c1cccnc1. The molecule has 0 saturated heterocycles. The molecule has 1 heterocycles. The first kappa shape index (κ1) is 17.6. The van der Waals surface area contributed by atoms with Gasteiger partial charge in [0, 0.05) is 28.8 Å². The molecule has 0 bridgehead atoms. The van der Waals surface area contributed by atoms with Crippen LogP contribution in [-0.4, -0.2) is 16.8 Å². The molecule has 2 N–H and O–H groups in total. The summed E-state index contributed by atoms with van der Waals surface area (Å²) in [4.78, 5) is 28.2. The van der Waals surface area contributed by atoms with Gasteiger partial charge in [-0.05, 0) is 48.5 Å². The summed E-state index contributed by atoms with van der Waals surface area (Å²) in [5, 5.41) is 5.50. The molecule has 7 heteroatoms. The van der Waals surface area contributed by atoms with Crippen molar-refractivity contribution < 1.29 is 14.0 Å². The summed E-state index contributed by atoms with van der Waals surface area (Å²) >= 11 is 5.69. The van der Waals surface area contributed by atoms with Crippen molar-refractivity contribution in [2.24, 2.45) is 0 Å². The second kappa shape index (κ2) is 7.76. The first-order chi connectivity index (χ1) is 12.5. The van der Waals surface area contributed by atoms with Gasteiger partial charge in [-0.3, -0.25) is 14.6 Å². The summed E-state index contributed by atoms with van der Waals surface area (Å²) in [6.07, 6.45) is 3.02. The zero-order valence-electron chi connectivity index (χ0n) is 13.4. The Morgan fingerprint density at radius 3 is 2.31 bits per heavy atom. The molecule has 0 aliphatic carbocycles. The van der Waals surface area contributed by atoms with Gasteiger partial charge in [-0.25, -0.2) is 4.39 Å². The number of nitrogens with zero attached hydrogens (tertiary/aromatic N) is 1. The average Bonchev–Trinajstić information content (AvgIpc) is 2.62. The molecule has 26 heavy (non-hydrogen) atoms. The smallest absolute Gasteiger partial charge is 0.258 e. The van der Waals surface area contributed by atoms with Gasteiger partial charge in [-0.2, -0.15) is 0 Å². The van der Waals surface area contributed by atoms with Crippen LogP contribution in [-0.2, 0) is 0 Å². The quantitative estimate of drug-likeness (QED) is 0.717. The second-order valence-electron chi connectivity index (χ2n) is 5.35. The topological polar surface area (TPSA) is 71.1 Å². The normalized spacial score (nSPS) is 10.2. The van der Waals surface area contributed by atoms with Crippen molar-refractivity contribution in [3.63, 3.8) is 0 Å². The number of nitrogens with one attached hydrogen (secondary N) is 2. The van der Waals surface area contributed by atoms with Gasteiger partial charge in [-0.1, -0.05) is 17.7 Å². The van der Waals surface area contributed by atoms with E-state index in [2.05, 4.69) is 15.6 Å². The Labute approximate surface area is 153 Å². The molecule has 0 radical (unpaired) electrons. The van der Waals surface area contributed by atoms with Crippen LogP contribution in [0.15, 0.2) is 67.0 Å². The van der Waals surface area contributed by atoms with Gasteiger partial charge in [0.25, 0.3) is 11.8 Å². The van der Waals surface area contributed by atoms with E-state index in [1.807, 2.05) is 0 Å². The number of amides is 2. The van der Waals surface area contributed by atoms with Crippen LogP contribution in [0.5, 0.6) is 0 Å². The molecule has 0 fully saturated rings. The van der Waals surface area contributed by atoms with Crippen LogP contribution in [0.2, 0.25) is 5.02 Å². The largest absolute Gasteiger partial charge is 0.322 e. The predicted molar refractivity (Wildman–Crippen MR) is 98.0 cm³/mol. The van der Waals surface area contributed by atoms with Crippen LogP contribution < -0.4 is 10.6 Å². The maximum atomic E-state index is 13.8. The number of carbonyl (C=O) groups is 2. The van der Waals surface area contributed by atoms with Crippen molar-refractivity contribution in [1.29, 1.82) is 0 Å². The van der Waals surface area contributed by atoms with Crippen molar-refractivity contribution >= 4 is 34.8 Å². The Morgan fingerprint density at radius 1 is 0.923 bits per heavy atom. The van der Waals surface area contributed by atoms with E-state index in [9.17, 15) is 14.0 Å². The Bertz CT molecular complexity index is 964. The third kappa shape index (κ3) is 4.23. The number of hydrogen-bond acceptors (Lipinski definition) is 3. The fourth-order valence-electron chi connectivity index (χ4n) is 2.25. The molecule has 0 aliphatic rings. The van der Waals surface area contributed by atoms with Crippen LogP contribution in [0.1, 0.15) is 20.7 Å². The molecule has 2 aromatic carbocycles. The molecule has 3 rings (SSSR count). The Morgan fingerprint density at radius 2 is 1.65 bits per heavy atom. The molecule has 0 atom stereocenters. The van der Waals surface area contributed by atoms with E-state index in [1.54, 1.807) is 42.6 Å². The number of aromatic nitrogens is 1.